The van der Waals surface area contributed by atoms with Gasteiger partial charge in [-0.2, -0.15) is 33.7 Å². The van der Waals surface area contributed by atoms with Crippen molar-refractivity contribution in [1.29, 1.82) is 0 Å². The Labute approximate surface area is 226 Å². The van der Waals surface area contributed by atoms with Crippen molar-refractivity contribution in [3.63, 3.8) is 0 Å². The zero-order valence-electron chi connectivity index (χ0n) is 19.4. The van der Waals surface area contributed by atoms with Crippen molar-refractivity contribution in [2.75, 3.05) is 10.6 Å². The molecule has 0 spiro atoms. The van der Waals surface area contributed by atoms with E-state index in [9.17, 15) is 56.7 Å². The van der Waals surface area contributed by atoms with Gasteiger partial charge in [-0.15, -0.1) is 0 Å². The van der Waals surface area contributed by atoms with E-state index < -0.39 is 77.5 Å². The maximum Gasteiger partial charge on any atom is 0.323 e. The van der Waals surface area contributed by atoms with Crippen LogP contribution in [0.15, 0.2) is 80.2 Å². The van der Waals surface area contributed by atoms with E-state index in [4.69, 9.17) is 0 Å². The van der Waals surface area contributed by atoms with E-state index in [2.05, 4.69) is 10.6 Å². The second-order valence-corrected chi connectivity index (χ2v) is 13.8. The number of urea groups is 1. The molecule has 0 saturated heterocycles. The molecule has 0 saturated carbocycles. The molecule has 4 aromatic carbocycles. The number of rotatable bonds is 6. The molecule has 40 heavy (non-hydrogen) atoms. The Bertz CT molecular complexity index is 2020. The van der Waals surface area contributed by atoms with Crippen molar-refractivity contribution >= 4 is 79.4 Å². The summed E-state index contributed by atoms with van der Waals surface area (Å²) in [5.74, 6) is 0. The van der Waals surface area contributed by atoms with Crippen LogP contribution in [-0.4, -0.2) is 57.9 Å². The highest BCUT2D eigenvalue weighted by atomic mass is 32.2. The van der Waals surface area contributed by atoms with Gasteiger partial charge in [0, 0.05) is 10.8 Å². The third-order valence-corrected chi connectivity index (χ3v) is 8.93. The Hall–Kier alpha value is -3.69. The van der Waals surface area contributed by atoms with Crippen LogP contribution in [0.3, 0.4) is 0 Å². The Morgan fingerprint density at radius 3 is 1.18 bits per heavy atom. The summed E-state index contributed by atoms with van der Waals surface area (Å²) >= 11 is 0. The molecule has 0 aliphatic heterocycles. The van der Waals surface area contributed by atoms with Crippen LogP contribution in [0.1, 0.15) is 0 Å². The summed E-state index contributed by atoms with van der Waals surface area (Å²) in [7, 11) is -19.7. The molecule has 0 fully saturated rings. The second-order valence-electron chi connectivity index (χ2n) is 8.13. The van der Waals surface area contributed by atoms with Crippen molar-refractivity contribution in [3.8, 4) is 0 Å². The van der Waals surface area contributed by atoms with E-state index in [0.29, 0.717) is 12.1 Å². The molecule has 0 aliphatic rings. The molecule has 0 unspecified atom stereocenters. The molecule has 0 bridgehead atoms. The van der Waals surface area contributed by atoms with E-state index in [0.717, 1.165) is 36.4 Å². The third-order valence-electron chi connectivity index (χ3n) is 5.47. The van der Waals surface area contributed by atoms with Gasteiger partial charge in [0.15, 0.2) is 0 Å². The van der Waals surface area contributed by atoms with Crippen LogP contribution in [0.5, 0.6) is 0 Å². The zero-order chi connectivity index (χ0) is 29.8. The normalized spacial score (nSPS) is 12.9. The number of fused-ring (bicyclic) bond motifs is 2. The summed E-state index contributed by atoms with van der Waals surface area (Å²) < 4.78 is 133. The van der Waals surface area contributed by atoms with Crippen LogP contribution in [0.2, 0.25) is 0 Å². The molecule has 4 rings (SSSR count). The van der Waals surface area contributed by atoms with Gasteiger partial charge in [-0.25, -0.2) is 4.79 Å². The van der Waals surface area contributed by atoms with Crippen LogP contribution >= 0.6 is 0 Å². The van der Waals surface area contributed by atoms with Crippen molar-refractivity contribution in [2.24, 2.45) is 0 Å². The number of carbonyl (C=O) groups excluding carboxylic acids is 1. The van der Waals surface area contributed by atoms with Crippen LogP contribution < -0.4 is 10.6 Å². The lowest BCUT2D eigenvalue weighted by molar-refractivity contribution is 0.262. The standard InChI is InChI=1S/C21H16N2O13S4/c24-21(22-15-9-13(37(25,26)27)7-11-3-1-5-17(19(11)15)39(31,32)33)23-16-10-14(38(28,29)30)8-12-4-2-6-18(20(12)16)40(34,35)36/h1-10H,(H2,22,23,24)(H,25,26,27)(H,28,29,30)(H,31,32,33)(H,34,35,36). The maximum absolute atomic E-state index is 13.0. The van der Waals surface area contributed by atoms with Crippen molar-refractivity contribution in [3.05, 3.63) is 60.7 Å². The summed E-state index contributed by atoms with van der Waals surface area (Å²) in [4.78, 5) is 9.97. The smallest absolute Gasteiger partial charge is 0.307 e. The number of benzene rings is 4. The average Bonchev–Trinajstić information content (AvgIpc) is 2.80. The Kier molecular flexibility index (Phi) is 7.14. The highest BCUT2D eigenvalue weighted by molar-refractivity contribution is 7.86. The highest BCUT2D eigenvalue weighted by Crippen LogP contribution is 2.35. The van der Waals surface area contributed by atoms with E-state index >= 15 is 0 Å². The van der Waals surface area contributed by atoms with E-state index in [-0.39, 0.29) is 21.5 Å². The molecule has 0 atom stereocenters. The SMILES string of the molecule is O=C(Nc1cc(S(=O)(=O)O)cc2cccc(S(=O)(=O)O)c12)Nc1cc(S(=O)(=O)O)cc2cccc(S(=O)(=O)O)c12. The Morgan fingerprint density at radius 2 is 0.875 bits per heavy atom. The van der Waals surface area contributed by atoms with Crippen LogP contribution in [0.4, 0.5) is 16.2 Å². The number of hydrogen-bond donors (Lipinski definition) is 6. The van der Waals surface area contributed by atoms with Gasteiger partial charge < -0.3 is 10.6 Å². The number of hydrogen-bond acceptors (Lipinski definition) is 9. The van der Waals surface area contributed by atoms with Gasteiger partial charge in [-0.3, -0.25) is 18.2 Å². The first kappa shape index (κ1) is 29.3. The van der Waals surface area contributed by atoms with Gasteiger partial charge in [-0.05, 0) is 47.2 Å². The lowest BCUT2D eigenvalue weighted by atomic mass is 10.1. The molecule has 212 valence electrons. The molecule has 4 aromatic rings. The van der Waals surface area contributed by atoms with E-state index in [1.54, 1.807) is 0 Å². The minimum atomic E-state index is -4.94. The molecule has 19 heteroatoms. The number of amides is 2. The third kappa shape index (κ3) is 5.90. The minimum absolute atomic E-state index is 0.159. The lowest BCUT2D eigenvalue weighted by Crippen LogP contribution is -2.21. The van der Waals surface area contributed by atoms with Gasteiger partial charge in [0.2, 0.25) is 0 Å². The Morgan fingerprint density at radius 1 is 0.525 bits per heavy atom. The number of anilines is 2. The highest BCUT2D eigenvalue weighted by Gasteiger charge is 2.24. The van der Waals surface area contributed by atoms with Gasteiger partial charge in [0.05, 0.1) is 21.2 Å². The molecule has 0 heterocycles. The molecular formula is C21H16N2O13S4. The van der Waals surface area contributed by atoms with Crippen LogP contribution in [0, 0.1) is 0 Å². The summed E-state index contributed by atoms with van der Waals surface area (Å²) in [5, 5.41) is 3.14. The summed E-state index contributed by atoms with van der Waals surface area (Å²) in [5.41, 5.74) is -1.14. The van der Waals surface area contributed by atoms with Crippen LogP contribution in [-0.2, 0) is 40.5 Å². The fourth-order valence-electron chi connectivity index (χ4n) is 3.93. The molecule has 0 aromatic heterocycles. The molecular weight excluding hydrogens is 617 g/mol. The molecule has 0 aliphatic carbocycles. The largest absolute Gasteiger partial charge is 0.323 e. The van der Waals surface area contributed by atoms with Gasteiger partial charge in [-0.1, -0.05) is 24.3 Å². The average molecular weight is 633 g/mol. The maximum atomic E-state index is 13.0. The topological polar surface area (TPSA) is 259 Å². The minimum Gasteiger partial charge on any atom is -0.307 e. The fourth-order valence-corrected chi connectivity index (χ4v) is 6.49. The summed E-state index contributed by atoms with van der Waals surface area (Å²) in [6.07, 6.45) is 0. The lowest BCUT2D eigenvalue weighted by Gasteiger charge is -2.16. The van der Waals surface area contributed by atoms with Crippen molar-refractivity contribution < 1.29 is 56.7 Å². The number of nitrogens with one attached hydrogen (secondary N) is 2. The van der Waals surface area contributed by atoms with E-state index in [1.807, 2.05) is 0 Å². The molecule has 0 radical (unpaired) electrons. The second kappa shape index (κ2) is 9.74. The van der Waals surface area contributed by atoms with Gasteiger partial charge in [0.25, 0.3) is 40.5 Å². The first-order valence-corrected chi connectivity index (χ1v) is 16.1. The van der Waals surface area contributed by atoms with Crippen LogP contribution in [0.25, 0.3) is 21.5 Å². The zero-order valence-corrected chi connectivity index (χ0v) is 22.6. The van der Waals surface area contributed by atoms with Gasteiger partial charge in [0.1, 0.15) is 9.79 Å². The number of carbonyl (C=O) groups is 1. The predicted octanol–water partition coefficient (Wildman–Crippen LogP) is 2.62. The molecule has 2 amide bonds. The first-order chi connectivity index (χ1) is 18.3. The van der Waals surface area contributed by atoms with E-state index in [1.165, 1.54) is 12.1 Å². The first-order valence-electron chi connectivity index (χ1n) is 10.4. The summed E-state index contributed by atoms with van der Waals surface area (Å²) in [6, 6.07) is 8.33. The molecule has 15 nitrogen and oxygen atoms in total. The van der Waals surface area contributed by atoms with Crippen molar-refractivity contribution in [2.45, 2.75) is 19.6 Å². The Balaban J connectivity index is 1.94. The predicted molar refractivity (Wildman–Crippen MR) is 140 cm³/mol. The molecule has 6 N–H and O–H groups in total. The monoisotopic (exact) mass is 632 g/mol. The van der Waals surface area contributed by atoms with Gasteiger partial charge >= 0.3 is 6.03 Å². The summed E-state index contributed by atoms with van der Waals surface area (Å²) in [6.45, 7) is 0. The fraction of sp³-hybridized carbons (Fsp3) is 0. The van der Waals surface area contributed by atoms with Crippen molar-refractivity contribution in [1.82, 2.24) is 0 Å². The quantitative estimate of drug-likeness (QED) is 0.167.